The predicted molar refractivity (Wildman–Crippen MR) is 84.5 cm³/mol. The fourth-order valence-electron chi connectivity index (χ4n) is 2.30. The van der Waals surface area contributed by atoms with Gasteiger partial charge < -0.3 is 14.8 Å². The molecule has 0 aliphatic carbocycles. The van der Waals surface area contributed by atoms with Gasteiger partial charge in [-0.3, -0.25) is 4.68 Å². The summed E-state index contributed by atoms with van der Waals surface area (Å²) in [5.74, 6) is 0.936. The maximum Gasteiger partial charge on any atom is 0.131 e. The van der Waals surface area contributed by atoms with Crippen molar-refractivity contribution in [1.82, 2.24) is 29.5 Å². The number of imidazole rings is 1. The average molecular weight is 311 g/mol. The summed E-state index contributed by atoms with van der Waals surface area (Å²) in [6.45, 7) is 4.60. The standard InChI is InChI=1S/C14H23ClN6/c1-5-16-12(14-17-6-7-20(14)4)13-11(15)10-18-21(13)9-8-19(2)3/h6-7,10,12,16H,5,8-9H2,1-4H3. The van der Waals surface area contributed by atoms with Crippen LogP contribution in [0.5, 0.6) is 0 Å². The number of hydrogen-bond acceptors (Lipinski definition) is 4. The van der Waals surface area contributed by atoms with E-state index >= 15 is 0 Å². The summed E-state index contributed by atoms with van der Waals surface area (Å²) in [6.07, 6.45) is 5.45. The molecule has 0 saturated carbocycles. The molecule has 0 aliphatic heterocycles. The van der Waals surface area contributed by atoms with Crippen LogP contribution in [0.2, 0.25) is 5.02 Å². The molecule has 0 spiro atoms. The van der Waals surface area contributed by atoms with Crippen LogP contribution in [0.15, 0.2) is 18.6 Å². The molecule has 2 aromatic heterocycles. The topological polar surface area (TPSA) is 50.9 Å². The van der Waals surface area contributed by atoms with E-state index in [1.54, 1.807) is 12.4 Å². The van der Waals surface area contributed by atoms with Crippen molar-refractivity contribution < 1.29 is 0 Å². The third-order valence-electron chi connectivity index (χ3n) is 3.39. The summed E-state index contributed by atoms with van der Waals surface area (Å²) in [5.41, 5.74) is 0.967. The van der Waals surface area contributed by atoms with Gasteiger partial charge in [-0.05, 0) is 20.6 Å². The van der Waals surface area contributed by atoms with Gasteiger partial charge >= 0.3 is 0 Å². The minimum absolute atomic E-state index is 0.0628. The fraction of sp³-hybridized carbons (Fsp3) is 0.571. The van der Waals surface area contributed by atoms with Crippen LogP contribution in [-0.2, 0) is 13.6 Å². The lowest BCUT2D eigenvalue weighted by molar-refractivity contribution is 0.364. The van der Waals surface area contributed by atoms with E-state index in [-0.39, 0.29) is 6.04 Å². The van der Waals surface area contributed by atoms with Crippen LogP contribution in [0.3, 0.4) is 0 Å². The van der Waals surface area contributed by atoms with E-state index < -0.39 is 0 Å². The second-order valence-corrected chi connectivity index (χ2v) is 5.70. The van der Waals surface area contributed by atoms with Crippen molar-refractivity contribution in [2.75, 3.05) is 27.2 Å². The summed E-state index contributed by atoms with van der Waals surface area (Å²) >= 11 is 6.39. The highest BCUT2D eigenvalue weighted by molar-refractivity contribution is 6.31. The number of nitrogens with one attached hydrogen (secondary N) is 1. The minimum Gasteiger partial charge on any atom is -0.336 e. The van der Waals surface area contributed by atoms with E-state index in [1.807, 2.05) is 36.6 Å². The first-order chi connectivity index (χ1) is 10.0. The van der Waals surface area contributed by atoms with Crippen LogP contribution in [0.25, 0.3) is 0 Å². The number of nitrogens with zero attached hydrogens (tertiary/aromatic N) is 5. The van der Waals surface area contributed by atoms with Gasteiger partial charge in [-0.15, -0.1) is 0 Å². The van der Waals surface area contributed by atoms with Gasteiger partial charge in [0.1, 0.15) is 11.9 Å². The number of likely N-dealkylation sites (N-methyl/N-ethyl adjacent to an activating group) is 1. The van der Waals surface area contributed by atoms with Crippen LogP contribution in [0, 0.1) is 0 Å². The fourth-order valence-corrected chi connectivity index (χ4v) is 2.55. The maximum absolute atomic E-state index is 6.39. The molecule has 1 unspecified atom stereocenters. The summed E-state index contributed by atoms with van der Waals surface area (Å²) in [4.78, 5) is 6.59. The van der Waals surface area contributed by atoms with E-state index in [4.69, 9.17) is 11.6 Å². The van der Waals surface area contributed by atoms with Crippen molar-refractivity contribution in [3.63, 3.8) is 0 Å². The van der Waals surface area contributed by atoms with Crippen LogP contribution < -0.4 is 5.32 Å². The zero-order chi connectivity index (χ0) is 15.4. The lowest BCUT2D eigenvalue weighted by Gasteiger charge is -2.20. The van der Waals surface area contributed by atoms with Crippen LogP contribution in [0.4, 0.5) is 0 Å². The first-order valence-electron chi connectivity index (χ1n) is 7.11. The van der Waals surface area contributed by atoms with Gasteiger partial charge in [0.15, 0.2) is 0 Å². The first kappa shape index (κ1) is 16.0. The minimum atomic E-state index is -0.0628. The van der Waals surface area contributed by atoms with E-state index in [2.05, 4.69) is 27.2 Å². The van der Waals surface area contributed by atoms with E-state index in [0.29, 0.717) is 5.02 Å². The van der Waals surface area contributed by atoms with Crippen molar-refractivity contribution in [3.05, 3.63) is 35.1 Å². The molecule has 0 aliphatic rings. The molecule has 21 heavy (non-hydrogen) atoms. The molecule has 0 radical (unpaired) electrons. The third kappa shape index (κ3) is 3.64. The smallest absolute Gasteiger partial charge is 0.131 e. The van der Waals surface area contributed by atoms with E-state index in [0.717, 1.165) is 31.2 Å². The third-order valence-corrected chi connectivity index (χ3v) is 3.68. The lowest BCUT2D eigenvalue weighted by Crippen LogP contribution is -2.29. The summed E-state index contributed by atoms with van der Waals surface area (Å²) in [5, 5.41) is 8.54. The molecule has 1 N–H and O–H groups in total. The van der Waals surface area contributed by atoms with Gasteiger partial charge in [0.25, 0.3) is 0 Å². The number of aryl methyl sites for hydroxylation is 1. The highest BCUT2D eigenvalue weighted by atomic mass is 35.5. The monoisotopic (exact) mass is 310 g/mol. The molecular weight excluding hydrogens is 288 g/mol. The Labute approximate surface area is 130 Å². The Bertz CT molecular complexity index is 574. The largest absolute Gasteiger partial charge is 0.336 e. The first-order valence-corrected chi connectivity index (χ1v) is 7.49. The molecule has 1 atom stereocenters. The van der Waals surface area contributed by atoms with Crippen molar-refractivity contribution >= 4 is 11.6 Å². The molecule has 0 aromatic carbocycles. The molecule has 2 aromatic rings. The highest BCUT2D eigenvalue weighted by Gasteiger charge is 2.24. The molecule has 0 bridgehead atoms. The normalized spacial score (nSPS) is 13.0. The van der Waals surface area contributed by atoms with Gasteiger partial charge in [0.05, 0.1) is 23.5 Å². The average Bonchev–Trinajstić information content (AvgIpc) is 3.00. The molecule has 0 saturated heterocycles. The molecule has 2 rings (SSSR count). The molecule has 116 valence electrons. The zero-order valence-electron chi connectivity index (χ0n) is 13.0. The number of halogens is 1. The molecule has 2 heterocycles. The Balaban J connectivity index is 2.36. The van der Waals surface area contributed by atoms with Crippen molar-refractivity contribution in [2.24, 2.45) is 7.05 Å². The molecule has 0 amide bonds. The maximum atomic E-state index is 6.39. The second kappa shape index (κ2) is 7.06. The van der Waals surface area contributed by atoms with Gasteiger partial charge in [-0.2, -0.15) is 5.10 Å². The Morgan fingerprint density at radius 1 is 1.43 bits per heavy atom. The van der Waals surface area contributed by atoms with Gasteiger partial charge in [-0.25, -0.2) is 4.98 Å². The molecule has 0 fully saturated rings. The number of rotatable bonds is 7. The predicted octanol–water partition coefficient (Wildman–Crippen LogP) is 1.53. The Kier molecular flexibility index (Phi) is 5.39. The van der Waals surface area contributed by atoms with Crippen LogP contribution >= 0.6 is 11.6 Å². The van der Waals surface area contributed by atoms with Crippen LogP contribution in [-0.4, -0.2) is 51.4 Å². The van der Waals surface area contributed by atoms with Crippen LogP contribution in [0.1, 0.15) is 24.5 Å². The second-order valence-electron chi connectivity index (χ2n) is 5.29. The Morgan fingerprint density at radius 3 is 2.76 bits per heavy atom. The Morgan fingerprint density at radius 2 is 2.19 bits per heavy atom. The molecule has 7 heteroatoms. The summed E-state index contributed by atoms with van der Waals surface area (Å²) in [6, 6.07) is -0.0628. The molecule has 6 nitrogen and oxygen atoms in total. The van der Waals surface area contributed by atoms with E-state index in [1.165, 1.54) is 0 Å². The van der Waals surface area contributed by atoms with Crippen molar-refractivity contribution in [3.8, 4) is 0 Å². The quantitative estimate of drug-likeness (QED) is 0.842. The zero-order valence-corrected chi connectivity index (χ0v) is 13.8. The van der Waals surface area contributed by atoms with Gasteiger partial charge in [0.2, 0.25) is 0 Å². The SMILES string of the molecule is CCNC(c1nccn1C)c1c(Cl)cnn1CCN(C)C. The molecular formula is C14H23ClN6. The number of hydrogen-bond donors (Lipinski definition) is 1. The highest BCUT2D eigenvalue weighted by Crippen LogP contribution is 2.27. The van der Waals surface area contributed by atoms with Crippen molar-refractivity contribution in [2.45, 2.75) is 19.5 Å². The summed E-state index contributed by atoms with van der Waals surface area (Å²) < 4.78 is 3.97. The van der Waals surface area contributed by atoms with Gasteiger partial charge in [-0.1, -0.05) is 18.5 Å². The number of aromatic nitrogens is 4. The van der Waals surface area contributed by atoms with Crippen molar-refractivity contribution in [1.29, 1.82) is 0 Å². The Hall–Kier alpha value is -1.37. The lowest BCUT2D eigenvalue weighted by atomic mass is 10.2. The summed E-state index contributed by atoms with van der Waals surface area (Å²) in [7, 11) is 6.08. The van der Waals surface area contributed by atoms with E-state index in [9.17, 15) is 0 Å². The van der Waals surface area contributed by atoms with Gasteiger partial charge in [0, 0.05) is 26.0 Å².